The van der Waals surface area contributed by atoms with E-state index in [-0.39, 0.29) is 11.3 Å². The molecule has 0 atom stereocenters. The molecule has 1 heterocycles. The van der Waals surface area contributed by atoms with E-state index in [1.165, 1.54) is 24.7 Å². The molecule has 3 aromatic carbocycles. The third kappa shape index (κ3) is 4.49. The van der Waals surface area contributed by atoms with Gasteiger partial charge in [-0.15, -0.1) is 0 Å². The van der Waals surface area contributed by atoms with Gasteiger partial charge in [0.2, 0.25) is 0 Å². The maximum absolute atomic E-state index is 14.4. The van der Waals surface area contributed by atoms with Crippen molar-refractivity contribution in [2.45, 2.75) is 0 Å². The van der Waals surface area contributed by atoms with E-state index in [4.69, 9.17) is 11.6 Å². The summed E-state index contributed by atoms with van der Waals surface area (Å²) in [5.74, 6) is -3.32. The van der Waals surface area contributed by atoms with Crippen LogP contribution in [-0.4, -0.2) is 21.8 Å². The van der Waals surface area contributed by atoms with E-state index in [0.717, 1.165) is 12.1 Å². The minimum atomic E-state index is -1.31. The first-order chi connectivity index (χ1) is 14.9. The maximum Gasteiger partial charge on any atom is 0.323 e. The Balaban J connectivity index is 1.60. The Kier molecular flexibility index (Phi) is 5.55. The lowest BCUT2D eigenvalue weighted by molar-refractivity contribution is 0.103. The number of nitrogens with zero attached hydrogens (tertiary/aromatic N) is 2. The lowest BCUT2D eigenvalue weighted by atomic mass is 10.0. The Morgan fingerprint density at radius 2 is 1.65 bits per heavy atom. The largest absolute Gasteiger partial charge is 0.323 e. The minimum absolute atomic E-state index is 0.0853. The zero-order valence-corrected chi connectivity index (χ0v) is 16.5. The van der Waals surface area contributed by atoms with Gasteiger partial charge in [0.15, 0.2) is 17.4 Å². The van der Waals surface area contributed by atoms with Crippen molar-refractivity contribution in [2.75, 3.05) is 10.6 Å². The molecule has 0 aliphatic rings. The van der Waals surface area contributed by atoms with Crippen LogP contribution in [0.25, 0.3) is 10.9 Å². The first-order valence-electron chi connectivity index (χ1n) is 8.98. The first-order valence-corrected chi connectivity index (χ1v) is 9.35. The van der Waals surface area contributed by atoms with E-state index in [1.54, 1.807) is 30.3 Å². The number of halogens is 3. The second-order valence-corrected chi connectivity index (χ2v) is 6.97. The SMILES string of the molecule is O=C(Nc1ccc(Cl)cc1)Nc1cc(F)c(F)c(C(=O)c2ccc3ncncc3c2)c1. The molecule has 6 nitrogen and oxygen atoms in total. The number of carbonyl (C=O) groups is 2. The second-order valence-electron chi connectivity index (χ2n) is 6.53. The lowest BCUT2D eigenvalue weighted by Crippen LogP contribution is -2.20. The molecule has 4 rings (SSSR count). The van der Waals surface area contributed by atoms with Gasteiger partial charge in [-0.2, -0.15) is 0 Å². The molecular formula is C22H13ClF2N4O2. The molecule has 0 aliphatic heterocycles. The van der Waals surface area contributed by atoms with Crippen molar-refractivity contribution in [3.8, 4) is 0 Å². The van der Waals surface area contributed by atoms with Crippen LogP contribution in [0.1, 0.15) is 15.9 Å². The van der Waals surface area contributed by atoms with Gasteiger partial charge in [0.25, 0.3) is 0 Å². The normalized spacial score (nSPS) is 10.7. The minimum Gasteiger partial charge on any atom is -0.308 e. The summed E-state index contributed by atoms with van der Waals surface area (Å²) in [6.45, 7) is 0. The highest BCUT2D eigenvalue weighted by Gasteiger charge is 2.20. The van der Waals surface area contributed by atoms with Gasteiger partial charge in [-0.1, -0.05) is 11.6 Å². The van der Waals surface area contributed by atoms with Gasteiger partial charge in [0, 0.05) is 39.6 Å². The van der Waals surface area contributed by atoms with Gasteiger partial charge in [0.1, 0.15) is 6.33 Å². The molecule has 0 aliphatic carbocycles. The van der Waals surface area contributed by atoms with E-state index in [2.05, 4.69) is 20.6 Å². The van der Waals surface area contributed by atoms with Crippen molar-refractivity contribution in [3.63, 3.8) is 0 Å². The molecule has 0 saturated carbocycles. The monoisotopic (exact) mass is 438 g/mol. The number of benzene rings is 3. The number of hydrogen-bond acceptors (Lipinski definition) is 4. The number of ketones is 1. The van der Waals surface area contributed by atoms with E-state index in [0.29, 0.717) is 21.6 Å². The van der Waals surface area contributed by atoms with Crippen LogP contribution in [-0.2, 0) is 0 Å². The van der Waals surface area contributed by atoms with E-state index in [1.807, 2.05) is 0 Å². The Labute approximate surface area is 179 Å². The third-order valence-corrected chi connectivity index (χ3v) is 4.65. The predicted octanol–water partition coefficient (Wildman–Crippen LogP) is 5.44. The molecule has 1 aromatic heterocycles. The van der Waals surface area contributed by atoms with Crippen molar-refractivity contribution >= 4 is 45.7 Å². The fourth-order valence-corrected chi connectivity index (χ4v) is 3.06. The third-order valence-electron chi connectivity index (χ3n) is 4.40. The molecule has 0 radical (unpaired) electrons. The molecule has 0 bridgehead atoms. The molecule has 0 unspecified atom stereocenters. The van der Waals surface area contributed by atoms with Crippen LogP contribution in [0.2, 0.25) is 5.02 Å². The summed E-state index contributed by atoms with van der Waals surface area (Å²) in [4.78, 5) is 33.0. The number of anilines is 2. The zero-order valence-electron chi connectivity index (χ0n) is 15.7. The molecule has 31 heavy (non-hydrogen) atoms. The smallest absolute Gasteiger partial charge is 0.308 e. The van der Waals surface area contributed by atoms with E-state index in [9.17, 15) is 18.4 Å². The van der Waals surface area contributed by atoms with E-state index < -0.39 is 29.0 Å². The van der Waals surface area contributed by atoms with Crippen LogP contribution < -0.4 is 10.6 Å². The van der Waals surface area contributed by atoms with Crippen LogP contribution in [0.15, 0.2) is 67.1 Å². The fraction of sp³-hybridized carbons (Fsp3) is 0. The number of carbonyl (C=O) groups excluding carboxylic acids is 2. The quantitative estimate of drug-likeness (QED) is 0.416. The number of amides is 2. The number of fused-ring (bicyclic) bond motifs is 1. The molecule has 154 valence electrons. The fourth-order valence-electron chi connectivity index (χ4n) is 2.93. The molecule has 9 heteroatoms. The molecule has 0 saturated heterocycles. The maximum atomic E-state index is 14.4. The van der Waals surface area contributed by atoms with Crippen LogP contribution in [0.5, 0.6) is 0 Å². The Bertz CT molecular complexity index is 1310. The van der Waals surface area contributed by atoms with Crippen LogP contribution in [0.3, 0.4) is 0 Å². The van der Waals surface area contributed by atoms with Crippen molar-refractivity contribution < 1.29 is 18.4 Å². The van der Waals surface area contributed by atoms with E-state index >= 15 is 0 Å². The molecule has 4 aromatic rings. The topological polar surface area (TPSA) is 84.0 Å². The Morgan fingerprint density at radius 1 is 0.903 bits per heavy atom. The first kappa shape index (κ1) is 20.4. The van der Waals surface area contributed by atoms with Gasteiger partial charge in [-0.3, -0.25) is 4.79 Å². The standard InChI is InChI=1S/C22H13ClF2N4O2/c23-14-2-4-15(5-3-14)28-22(31)29-16-8-17(20(25)18(24)9-16)21(30)12-1-6-19-13(7-12)10-26-11-27-19/h1-11H,(H2,28,29,31). The molecular weight excluding hydrogens is 426 g/mol. The summed E-state index contributed by atoms with van der Waals surface area (Å²) in [5, 5.41) is 5.99. The summed E-state index contributed by atoms with van der Waals surface area (Å²) in [6, 6.07) is 12.0. The summed E-state index contributed by atoms with van der Waals surface area (Å²) >= 11 is 5.80. The van der Waals surface area contributed by atoms with Gasteiger partial charge < -0.3 is 10.6 Å². The molecule has 0 spiro atoms. The van der Waals surface area contributed by atoms with Crippen LogP contribution >= 0.6 is 11.6 Å². The Morgan fingerprint density at radius 3 is 2.42 bits per heavy atom. The summed E-state index contributed by atoms with van der Waals surface area (Å²) in [5.41, 5.74) is 0.575. The average Bonchev–Trinajstić information content (AvgIpc) is 2.77. The van der Waals surface area contributed by atoms with Gasteiger partial charge in [-0.05, 0) is 48.5 Å². The predicted molar refractivity (Wildman–Crippen MR) is 113 cm³/mol. The number of nitrogens with one attached hydrogen (secondary N) is 2. The molecule has 2 N–H and O–H groups in total. The van der Waals surface area contributed by atoms with Crippen LogP contribution in [0, 0.1) is 11.6 Å². The molecule has 2 amide bonds. The number of aromatic nitrogens is 2. The zero-order chi connectivity index (χ0) is 22.0. The summed E-state index contributed by atoms with van der Waals surface area (Å²) < 4.78 is 28.5. The average molecular weight is 439 g/mol. The van der Waals surface area contributed by atoms with Crippen molar-refractivity contribution in [3.05, 3.63) is 94.9 Å². The van der Waals surface area contributed by atoms with Crippen molar-refractivity contribution in [1.82, 2.24) is 9.97 Å². The van der Waals surface area contributed by atoms with Crippen molar-refractivity contribution in [1.29, 1.82) is 0 Å². The number of rotatable bonds is 4. The van der Waals surface area contributed by atoms with Crippen molar-refractivity contribution in [2.24, 2.45) is 0 Å². The molecule has 0 fully saturated rings. The highest BCUT2D eigenvalue weighted by atomic mass is 35.5. The highest BCUT2D eigenvalue weighted by Crippen LogP contribution is 2.23. The number of hydrogen-bond donors (Lipinski definition) is 2. The second kappa shape index (κ2) is 8.45. The Hall–Kier alpha value is -3.91. The van der Waals surface area contributed by atoms with Gasteiger partial charge in [-0.25, -0.2) is 23.5 Å². The van der Waals surface area contributed by atoms with Gasteiger partial charge in [0.05, 0.1) is 11.1 Å². The highest BCUT2D eigenvalue weighted by molar-refractivity contribution is 6.30. The number of urea groups is 1. The summed E-state index contributed by atoms with van der Waals surface area (Å²) in [6.07, 6.45) is 2.87. The van der Waals surface area contributed by atoms with Gasteiger partial charge >= 0.3 is 6.03 Å². The summed E-state index contributed by atoms with van der Waals surface area (Å²) in [7, 11) is 0. The van der Waals surface area contributed by atoms with Crippen LogP contribution in [0.4, 0.5) is 25.0 Å². The lowest BCUT2D eigenvalue weighted by Gasteiger charge is -2.11.